The second kappa shape index (κ2) is 7.60. The first kappa shape index (κ1) is 15.3. The van der Waals surface area contributed by atoms with Gasteiger partial charge in [-0.05, 0) is 5.56 Å². The summed E-state index contributed by atoms with van der Waals surface area (Å²) in [4.78, 5) is 0. The molecule has 4 nitrogen and oxygen atoms in total. The maximum absolute atomic E-state index is 8.92. The highest BCUT2D eigenvalue weighted by molar-refractivity contribution is 5.85. The highest BCUT2D eigenvalue weighted by atomic mass is 35.5. The minimum absolute atomic E-state index is 0. The molecule has 4 N–H and O–H groups in total. The zero-order valence-electron chi connectivity index (χ0n) is 9.00. The molecule has 0 aliphatic carbocycles. The average Bonchev–Trinajstić information content (AvgIpc) is 2.30. The summed E-state index contributed by atoms with van der Waals surface area (Å²) in [6, 6.07) is 9.66. The Labute approximate surface area is 101 Å². The number of aliphatic hydroxyl groups is 2. The zero-order valence-corrected chi connectivity index (χ0v) is 9.82. The predicted octanol–water partition coefficient (Wildman–Crippen LogP) is 0.307. The van der Waals surface area contributed by atoms with E-state index in [-0.39, 0.29) is 32.2 Å². The molecule has 1 aromatic carbocycles. The fourth-order valence-electron chi connectivity index (χ4n) is 1.09. The molecule has 0 unspecified atom stereocenters. The lowest BCUT2D eigenvalue weighted by Crippen LogP contribution is -2.51. The molecule has 0 amide bonds. The van der Waals surface area contributed by atoms with Crippen LogP contribution in [0.3, 0.4) is 0 Å². The van der Waals surface area contributed by atoms with Gasteiger partial charge in [0.25, 0.3) is 0 Å². The summed E-state index contributed by atoms with van der Waals surface area (Å²) >= 11 is 0. The Morgan fingerprint density at radius 3 is 2.19 bits per heavy atom. The Bertz CT molecular complexity index is 278. The van der Waals surface area contributed by atoms with E-state index in [0.29, 0.717) is 6.61 Å². The number of hydrogen-bond acceptors (Lipinski definition) is 4. The second-order valence-corrected chi connectivity index (χ2v) is 3.66. The van der Waals surface area contributed by atoms with Gasteiger partial charge in [0.1, 0.15) is 0 Å². The molecule has 0 spiro atoms. The van der Waals surface area contributed by atoms with Crippen molar-refractivity contribution in [1.29, 1.82) is 0 Å². The predicted molar refractivity (Wildman–Crippen MR) is 64.4 cm³/mol. The van der Waals surface area contributed by atoms with E-state index in [4.69, 9.17) is 20.7 Å². The van der Waals surface area contributed by atoms with Crippen molar-refractivity contribution in [3.8, 4) is 0 Å². The number of benzene rings is 1. The Morgan fingerprint density at radius 1 is 1.12 bits per heavy atom. The molecule has 0 fully saturated rings. The molecule has 1 aromatic rings. The summed E-state index contributed by atoms with van der Waals surface area (Å²) in [6.07, 6.45) is 0. The van der Waals surface area contributed by atoms with Crippen LogP contribution < -0.4 is 5.73 Å². The lowest BCUT2D eigenvalue weighted by atomic mass is 10.1. The number of nitrogens with two attached hydrogens (primary N) is 1. The molecule has 0 aromatic heterocycles. The van der Waals surface area contributed by atoms with E-state index < -0.39 is 5.54 Å². The molecule has 0 heterocycles. The molecule has 0 bridgehead atoms. The van der Waals surface area contributed by atoms with Crippen LogP contribution in [-0.4, -0.2) is 35.6 Å². The Hall–Kier alpha value is -0.650. The number of rotatable bonds is 6. The number of ether oxygens (including phenoxy) is 1. The van der Waals surface area contributed by atoms with E-state index >= 15 is 0 Å². The van der Waals surface area contributed by atoms with E-state index in [2.05, 4.69) is 0 Å². The minimum atomic E-state index is -1.05. The first-order valence-electron chi connectivity index (χ1n) is 4.82. The van der Waals surface area contributed by atoms with Gasteiger partial charge in [0.2, 0.25) is 0 Å². The van der Waals surface area contributed by atoms with Gasteiger partial charge in [0.15, 0.2) is 0 Å². The van der Waals surface area contributed by atoms with Gasteiger partial charge in [-0.1, -0.05) is 30.3 Å². The van der Waals surface area contributed by atoms with Crippen LogP contribution >= 0.6 is 12.4 Å². The van der Waals surface area contributed by atoms with Crippen molar-refractivity contribution in [3.63, 3.8) is 0 Å². The molecule has 0 atom stereocenters. The molecule has 0 aliphatic heterocycles. The van der Waals surface area contributed by atoms with Gasteiger partial charge >= 0.3 is 0 Å². The van der Waals surface area contributed by atoms with E-state index in [1.165, 1.54) is 0 Å². The molecule has 0 saturated carbocycles. The number of hydrogen-bond donors (Lipinski definition) is 3. The zero-order chi connectivity index (χ0) is 11.1. The van der Waals surface area contributed by atoms with Gasteiger partial charge in [0.05, 0.1) is 32.0 Å². The van der Waals surface area contributed by atoms with Crippen molar-refractivity contribution in [2.75, 3.05) is 19.8 Å². The van der Waals surface area contributed by atoms with Gasteiger partial charge in [-0.3, -0.25) is 0 Å². The molecular formula is C11H18ClNO3. The van der Waals surface area contributed by atoms with Crippen LogP contribution in [0.5, 0.6) is 0 Å². The standard InChI is InChI=1S/C11H17NO3.ClH/c12-11(7-13,8-14)9-15-6-10-4-2-1-3-5-10;/h1-5,13-14H,6-9,12H2;1H. The van der Waals surface area contributed by atoms with Crippen LogP contribution in [0.4, 0.5) is 0 Å². The van der Waals surface area contributed by atoms with Crippen LogP contribution in [0, 0.1) is 0 Å². The maximum atomic E-state index is 8.92. The smallest absolute Gasteiger partial charge is 0.0859 e. The molecule has 16 heavy (non-hydrogen) atoms. The minimum Gasteiger partial charge on any atom is -0.394 e. The molecule has 0 saturated heterocycles. The van der Waals surface area contributed by atoms with Gasteiger partial charge in [-0.2, -0.15) is 0 Å². The topological polar surface area (TPSA) is 75.7 Å². The molecule has 1 rings (SSSR count). The molecule has 0 aliphatic rings. The van der Waals surface area contributed by atoms with Crippen molar-refractivity contribution in [1.82, 2.24) is 0 Å². The van der Waals surface area contributed by atoms with Crippen LogP contribution in [0.15, 0.2) is 30.3 Å². The molecular weight excluding hydrogens is 230 g/mol. The summed E-state index contributed by atoms with van der Waals surface area (Å²) < 4.78 is 5.32. The SMILES string of the molecule is Cl.NC(CO)(CO)COCc1ccccc1. The highest BCUT2D eigenvalue weighted by Gasteiger charge is 2.23. The van der Waals surface area contributed by atoms with Crippen molar-refractivity contribution >= 4 is 12.4 Å². The fraction of sp³-hybridized carbons (Fsp3) is 0.455. The Kier molecular flexibility index (Phi) is 7.29. The average molecular weight is 248 g/mol. The second-order valence-electron chi connectivity index (χ2n) is 3.66. The number of halogens is 1. The van der Waals surface area contributed by atoms with E-state index in [1.807, 2.05) is 30.3 Å². The third-order valence-corrected chi connectivity index (χ3v) is 2.13. The fourth-order valence-corrected chi connectivity index (χ4v) is 1.09. The summed E-state index contributed by atoms with van der Waals surface area (Å²) in [5.41, 5.74) is 5.63. The lowest BCUT2D eigenvalue weighted by Gasteiger charge is -2.24. The van der Waals surface area contributed by atoms with Crippen LogP contribution in [-0.2, 0) is 11.3 Å². The van der Waals surface area contributed by atoms with Gasteiger partial charge in [-0.15, -0.1) is 12.4 Å². The monoisotopic (exact) mass is 247 g/mol. The summed E-state index contributed by atoms with van der Waals surface area (Å²) in [6.45, 7) is -0.0226. The first-order valence-corrected chi connectivity index (χ1v) is 4.82. The quantitative estimate of drug-likeness (QED) is 0.676. The highest BCUT2D eigenvalue weighted by Crippen LogP contribution is 2.04. The summed E-state index contributed by atoms with van der Waals surface area (Å²) in [5.74, 6) is 0. The third-order valence-electron chi connectivity index (χ3n) is 2.13. The number of aliphatic hydroxyl groups excluding tert-OH is 2. The maximum Gasteiger partial charge on any atom is 0.0859 e. The van der Waals surface area contributed by atoms with Crippen LogP contribution in [0.25, 0.3) is 0 Å². The van der Waals surface area contributed by atoms with Crippen molar-refractivity contribution < 1.29 is 14.9 Å². The lowest BCUT2D eigenvalue weighted by molar-refractivity contribution is 0.0181. The molecule has 0 radical (unpaired) electrons. The largest absolute Gasteiger partial charge is 0.394 e. The third kappa shape index (κ3) is 4.92. The Balaban J connectivity index is 0.00000225. The van der Waals surface area contributed by atoms with E-state index in [9.17, 15) is 0 Å². The normalized spacial score (nSPS) is 10.9. The summed E-state index contributed by atoms with van der Waals surface area (Å²) in [5, 5.41) is 17.8. The first-order chi connectivity index (χ1) is 7.20. The van der Waals surface area contributed by atoms with Crippen LogP contribution in [0.1, 0.15) is 5.56 Å². The van der Waals surface area contributed by atoms with Crippen LogP contribution in [0.2, 0.25) is 0 Å². The molecule has 5 heteroatoms. The Morgan fingerprint density at radius 2 is 1.69 bits per heavy atom. The van der Waals surface area contributed by atoms with Crippen molar-refractivity contribution in [2.45, 2.75) is 12.1 Å². The van der Waals surface area contributed by atoms with Crippen molar-refractivity contribution in [3.05, 3.63) is 35.9 Å². The van der Waals surface area contributed by atoms with Gasteiger partial charge in [0, 0.05) is 0 Å². The van der Waals surface area contributed by atoms with E-state index in [1.54, 1.807) is 0 Å². The summed E-state index contributed by atoms with van der Waals surface area (Å²) in [7, 11) is 0. The van der Waals surface area contributed by atoms with E-state index in [0.717, 1.165) is 5.56 Å². The van der Waals surface area contributed by atoms with Crippen molar-refractivity contribution in [2.24, 2.45) is 5.73 Å². The van der Waals surface area contributed by atoms with Gasteiger partial charge in [-0.25, -0.2) is 0 Å². The molecule has 92 valence electrons. The van der Waals surface area contributed by atoms with Gasteiger partial charge < -0.3 is 20.7 Å².